The van der Waals surface area contributed by atoms with E-state index in [1.165, 1.54) is 24.2 Å². The number of hydrogen-bond acceptors (Lipinski definition) is 7. The monoisotopic (exact) mass is 681 g/mol. The van der Waals surface area contributed by atoms with Crippen molar-refractivity contribution in [3.05, 3.63) is 41.0 Å². The van der Waals surface area contributed by atoms with Gasteiger partial charge in [0.2, 0.25) is 23.6 Å². The minimum atomic E-state index is -0.853. The van der Waals surface area contributed by atoms with E-state index in [9.17, 15) is 24.3 Å². The molecule has 2 fully saturated rings. The van der Waals surface area contributed by atoms with Crippen LogP contribution < -0.4 is 16.0 Å². The minimum absolute atomic E-state index is 0.0327. The number of thiazole rings is 1. The topological polar surface area (TPSA) is 141 Å². The molecule has 2 heterocycles. The van der Waals surface area contributed by atoms with Crippen LogP contribution in [-0.2, 0) is 19.2 Å². The largest absolute Gasteiger partial charge is 0.391 e. The minimum Gasteiger partial charge on any atom is -0.391 e. The highest BCUT2D eigenvalue weighted by molar-refractivity contribution is 7.13. The summed E-state index contributed by atoms with van der Waals surface area (Å²) in [5.74, 6) is -0.796. The summed E-state index contributed by atoms with van der Waals surface area (Å²) in [5.41, 5.74) is 4.18. The zero-order valence-electron chi connectivity index (χ0n) is 29.3. The second kappa shape index (κ2) is 17.4. The number of aryl methyl sites for hydroxylation is 1. The number of likely N-dealkylation sites (tertiary alicyclic amines) is 1. The molecule has 1 aromatic carbocycles. The molecule has 1 aliphatic heterocycles. The van der Waals surface area contributed by atoms with Gasteiger partial charge in [-0.3, -0.25) is 19.2 Å². The van der Waals surface area contributed by atoms with E-state index in [1.807, 2.05) is 64.4 Å². The number of rotatable bonds is 14. The summed E-state index contributed by atoms with van der Waals surface area (Å²) in [5, 5.41) is 19.7. The number of benzene rings is 1. The van der Waals surface area contributed by atoms with Gasteiger partial charge in [0, 0.05) is 31.8 Å². The molecule has 2 aliphatic rings. The van der Waals surface area contributed by atoms with Gasteiger partial charge in [0.25, 0.3) is 0 Å². The maximum Gasteiger partial charge on any atom is 0.246 e. The van der Waals surface area contributed by atoms with E-state index < -0.39 is 23.6 Å². The van der Waals surface area contributed by atoms with Gasteiger partial charge in [-0.1, -0.05) is 77.1 Å². The van der Waals surface area contributed by atoms with Crippen LogP contribution in [0.3, 0.4) is 0 Å². The van der Waals surface area contributed by atoms with Gasteiger partial charge in [0.05, 0.1) is 28.2 Å². The maximum atomic E-state index is 13.9. The third-order valence-electron chi connectivity index (χ3n) is 9.59. The second-order valence-corrected chi connectivity index (χ2v) is 15.6. The van der Waals surface area contributed by atoms with Crippen LogP contribution in [0.5, 0.6) is 0 Å². The zero-order valence-corrected chi connectivity index (χ0v) is 30.2. The van der Waals surface area contributed by atoms with Gasteiger partial charge in [-0.05, 0) is 56.1 Å². The number of nitrogens with zero attached hydrogens (tertiary/aromatic N) is 2. The lowest BCUT2D eigenvalue weighted by atomic mass is 9.85. The van der Waals surface area contributed by atoms with Crippen LogP contribution >= 0.6 is 11.3 Å². The molecule has 1 aromatic heterocycles. The zero-order chi connectivity index (χ0) is 34.8. The number of carbonyl (C=O) groups excluding carboxylic acids is 4. The highest BCUT2D eigenvalue weighted by Crippen LogP contribution is 2.30. The Hall–Kier alpha value is -3.31. The standard InChI is InChI=1S/C37H55N5O5S/c1-24(26-17-19-27(20-18-26)33-25(2)38-23-48-33)39-35(46)30-21-29(43)22-42(30)36(47)34(37(3,4)5)41-32(45)16-12-7-6-11-15-31(44)40-28-13-9-8-10-14-28/h17-20,23-24,28-30,34,43H,6-16,21-22H2,1-5H3,(H,39,46)(H,40,44)(H,41,45)/t24-,29?,30-,34?/m1/s1. The molecule has 4 amide bonds. The van der Waals surface area contributed by atoms with Crippen LogP contribution in [0.2, 0.25) is 0 Å². The number of β-amino-alcohol motifs (C(OH)–C–C–N with tert-alkyl or cyclic N) is 1. The fourth-order valence-corrected chi connectivity index (χ4v) is 7.53. The van der Waals surface area contributed by atoms with Gasteiger partial charge in [-0.15, -0.1) is 11.3 Å². The molecule has 1 aliphatic carbocycles. The first-order chi connectivity index (χ1) is 22.8. The highest BCUT2D eigenvalue weighted by Gasteiger charge is 2.44. The average Bonchev–Trinajstić information content (AvgIpc) is 3.66. The SMILES string of the molecule is Cc1ncsc1-c1ccc([C@@H](C)NC(=O)[C@H]2CC(O)CN2C(=O)C(NC(=O)CCCCCCC(=O)NC2CCCCC2)C(C)(C)C)cc1. The smallest absolute Gasteiger partial charge is 0.246 e. The molecule has 0 bridgehead atoms. The van der Waals surface area contributed by atoms with E-state index >= 15 is 0 Å². The Morgan fingerprint density at radius 3 is 2.21 bits per heavy atom. The van der Waals surface area contributed by atoms with Crippen molar-refractivity contribution >= 4 is 35.0 Å². The van der Waals surface area contributed by atoms with Gasteiger partial charge in [0.15, 0.2) is 0 Å². The van der Waals surface area contributed by atoms with E-state index in [-0.39, 0.29) is 49.1 Å². The summed E-state index contributed by atoms with van der Waals surface area (Å²) in [4.78, 5) is 59.5. The van der Waals surface area contributed by atoms with Crippen molar-refractivity contribution in [3.8, 4) is 10.4 Å². The Bertz CT molecular complexity index is 1380. The number of carbonyl (C=O) groups is 4. The third kappa shape index (κ3) is 10.6. The van der Waals surface area contributed by atoms with Crippen LogP contribution in [0.15, 0.2) is 29.8 Å². The first kappa shape index (κ1) is 37.5. The Balaban J connectivity index is 1.26. The molecule has 2 unspecified atom stereocenters. The first-order valence-electron chi connectivity index (χ1n) is 17.7. The van der Waals surface area contributed by atoms with Gasteiger partial charge in [0.1, 0.15) is 12.1 Å². The molecule has 4 N–H and O–H groups in total. The molecule has 2 aromatic rings. The lowest BCUT2D eigenvalue weighted by Crippen LogP contribution is -2.57. The van der Waals surface area contributed by atoms with Crippen molar-refractivity contribution in [1.29, 1.82) is 0 Å². The molecule has 11 heteroatoms. The Kier molecular flexibility index (Phi) is 13.6. The number of aliphatic hydroxyl groups is 1. The van der Waals surface area contributed by atoms with Crippen molar-refractivity contribution in [2.45, 2.75) is 142 Å². The van der Waals surface area contributed by atoms with E-state index in [1.54, 1.807) is 11.3 Å². The summed E-state index contributed by atoms with van der Waals surface area (Å²) in [7, 11) is 0. The molecule has 0 radical (unpaired) electrons. The summed E-state index contributed by atoms with van der Waals surface area (Å²) >= 11 is 1.59. The maximum absolute atomic E-state index is 13.9. The van der Waals surface area contributed by atoms with Gasteiger partial charge in [-0.25, -0.2) is 4.98 Å². The molecular formula is C37H55N5O5S. The molecule has 1 saturated carbocycles. The number of aliphatic hydroxyl groups excluding tert-OH is 1. The predicted molar refractivity (Wildman–Crippen MR) is 189 cm³/mol. The summed E-state index contributed by atoms with van der Waals surface area (Å²) in [6.07, 6.45) is 9.03. The molecular weight excluding hydrogens is 627 g/mol. The second-order valence-electron chi connectivity index (χ2n) is 14.7. The molecule has 264 valence electrons. The van der Waals surface area contributed by atoms with Crippen molar-refractivity contribution in [2.24, 2.45) is 5.41 Å². The fourth-order valence-electron chi connectivity index (χ4n) is 6.72. The number of nitrogens with one attached hydrogen (secondary N) is 3. The lowest BCUT2D eigenvalue weighted by Gasteiger charge is -2.35. The van der Waals surface area contributed by atoms with Crippen LogP contribution in [-0.4, -0.2) is 69.4 Å². The summed E-state index contributed by atoms with van der Waals surface area (Å²) in [6, 6.07) is 6.31. The van der Waals surface area contributed by atoms with Crippen molar-refractivity contribution < 1.29 is 24.3 Å². The number of aromatic nitrogens is 1. The van der Waals surface area contributed by atoms with E-state index in [0.29, 0.717) is 18.9 Å². The van der Waals surface area contributed by atoms with Crippen molar-refractivity contribution in [2.75, 3.05) is 6.54 Å². The van der Waals surface area contributed by atoms with Gasteiger partial charge < -0.3 is 26.0 Å². The molecule has 4 rings (SSSR count). The van der Waals surface area contributed by atoms with Crippen LogP contribution in [0, 0.1) is 12.3 Å². The summed E-state index contributed by atoms with van der Waals surface area (Å²) < 4.78 is 0. The van der Waals surface area contributed by atoms with Gasteiger partial charge >= 0.3 is 0 Å². The molecule has 4 atom stereocenters. The van der Waals surface area contributed by atoms with Gasteiger partial charge in [-0.2, -0.15) is 0 Å². The van der Waals surface area contributed by atoms with Crippen LogP contribution in [0.4, 0.5) is 0 Å². The van der Waals surface area contributed by atoms with E-state index in [2.05, 4.69) is 20.9 Å². The van der Waals surface area contributed by atoms with Crippen LogP contribution in [0.25, 0.3) is 10.4 Å². The lowest BCUT2D eigenvalue weighted by molar-refractivity contribution is -0.144. The van der Waals surface area contributed by atoms with E-state index in [4.69, 9.17) is 0 Å². The van der Waals surface area contributed by atoms with Crippen LogP contribution in [0.1, 0.15) is 122 Å². The van der Waals surface area contributed by atoms with Crippen molar-refractivity contribution in [3.63, 3.8) is 0 Å². The fraction of sp³-hybridized carbons (Fsp3) is 0.649. The Morgan fingerprint density at radius 1 is 0.958 bits per heavy atom. The number of amides is 4. The number of unbranched alkanes of at least 4 members (excludes halogenated alkanes) is 3. The predicted octanol–water partition coefficient (Wildman–Crippen LogP) is 5.58. The Morgan fingerprint density at radius 2 is 1.60 bits per heavy atom. The molecule has 0 spiro atoms. The summed E-state index contributed by atoms with van der Waals surface area (Å²) in [6.45, 7) is 9.56. The van der Waals surface area contributed by atoms with E-state index in [0.717, 1.165) is 53.8 Å². The Labute approximate surface area is 289 Å². The van der Waals surface area contributed by atoms with Crippen molar-refractivity contribution in [1.82, 2.24) is 25.8 Å². The number of hydrogen-bond donors (Lipinski definition) is 4. The normalized spacial score (nSPS) is 19.8. The average molecular weight is 682 g/mol. The molecule has 10 nitrogen and oxygen atoms in total. The molecule has 1 saturated heterocycles. The third-order valence-corrected chi connectivity index (χ3v) is 10.6. The highest BCUT2D eigenvalue weighted by atomic mass is 32.1. The first-order valence-corrected chi connectivity index (χ1v) is 18.6. The quantitative estimate of drug-likeness (QED) is 0.192. The molecule has 48 heavy (non-hydrogen) atoms.